The summed E-state index contributed by atoms with van der Waals surface area (Å²) in [7, 11) is -2.03. The first-order valence-corrected chi connectivity index (χ1v) is 12.3. The molecule has 0 radical (unpaired) electrons. The molecule has 6 heteroatoms. The van der Waals surface area contributed by atoms with Crippen molar-refractivity contribution >= 4 is 26.5 Å². The largest absolute Gasteiger partial charge is 0.497 e. The van der Waals surface area contributed by atoms with Crippen LogP contribution >= 0.6 is 0 Å². The SMILES string of the molecule is COc1ccc2cc(S(=O)(=O)N[C@H](C)c3ccc(N4CCC[C@H](C)C4)cc3)ccc2c1. The molecule has 3 aromatic carbocycles. The second-order valence-electron chi connectivity index (χ2n) is 8.50. The fraction of sp³-hybridized carbons (Fsp3) is 0.360. The summed E-state index contributed by atoms with van der Waals surface area (Å²) in [6.07, 6.45) is 2.51. The molecule has 0 saturated carbocycles. The molecule has 3 aromatic rings. The van der Waals surface area contributed by atoms with E-state index in [1.54, 1.807) is 19.2 Å². The number of fused-ring (bicyclic) bond motifs is 1. The highest BCUT2D eigenvalue weighted by molar-refractivity contribution is 7.89. The molecule has 0 unspecified atom stereocenters. The number of piperidine rings is 1. The van der Waals surface area contributed by atoms with Crippen molar-refractivity contribution in [3.63, 3.8) is 0 Å². The highest BCUT2D eigenvalue weighted by Gasteiger charge is 2.20. The molecule has 0 spiro atoms. The second-order valence-corrected chi connectivity index (χ2v) is 10.2. The minimum Gasteiger partial charge on any atom is -0.497 e. The Labute approximate surface area is 185 Å². The number of hydrogen-bond donors (Lipinski definition) is 1. The van der Waals surface area contributed by atoms with Crippen LogP contribution in [0.25, 0.3) is 10.8 Å². The molecule has 31 heavy (non-hydrogen) atoms. The average Bonchev–Trinajstić information content (AvgIpc) is 2.78. The van der Waals surface area contributed by atoms with Crippen molar-refractivity contribution in [2.45, 2.75) is 37.6 Å². The molecule has 2 atom stereocenters. The monoisotopic (exact) mass is 438 g/mol. The average molecular weight is 439 g/mol. The van der Waals surface area contributed by atoms with E-state index < -0.39 is 10.0 Å². The molecule has 0 bridgehead atoms. The van der Waals surface area contributed by atoms with Gasteiger partial charge in [-0.3, -0.25) is 0 Å². The molecule has 0 aliphatic carbocycles. The number of nitrogens with zero attached hydrogens (tertiary/aromatic N) is 1. The standard InChI is InChI=1S/C25H30N2O3S/c1-18-5-4-14-27(17-18)23-10-6-20(7-11-23)19(2)26-31(28,29)25-13-9-21-15-24(30-3)12-8-22(21)16-25/h6-13,15-16,18-19,26H,4-5,14,17H2,1-3H3/t18-,19+/m0/s1. The van der Waals surface area contributed by atoms with Gasteiger partial charge in [-0.25, -0.2) is 13.1 Å². The maximum atomic E-state index is 13.0. The van der Waals surface area contributed by atoms with Crippen LogP contribution in [0.3, 0.4) is 0 Å². The first-order valence-electron chi connectivity index (χ1n) is 10.8. The van der Waals surface area contributed by atoms with Gasteiger partial charge in [0.05, 0.1) is 12.0 Å². The third kappa shape index (κ3) is 4.86. The summed E-state index contributed by atoms with van der Waals surface area (Å²) in [5.74, 6) is 1.46. The van der Waals surface area contributed by atoms with Crippen molar-refractivity contribution in [2.75, 3.05) is 25.1 Å². The molecule has 5 nitrogen and oxygen atoms in total. The Morgan fingerprint density at radius 3 is 2.45 bits per heavy atom. The van der Waals surface area contributed by atoms with Crippen LogP contribution in [0.5, 0.6) is 5.75 Å². The summed E-state index contributed by atoms with van der Waals surface area (Å²) >= 11 is 0. The van der Waals surface area contributed by atoms with Crippen molar-refractivity contribution in [2.24, 2.45) is 5.92 Å². The molecule has 164 valence electrons. The third-order valence-electron chi connectivity index (χ3n) is 6.08. The van der Waals surface area contributed by atoms with E-state index in [0.29, 0.717) is 5.92 Å². The Hall–Kier alpha value is -2.57. The van der Waals surface area contributed by atoms with Gasteiger partial charge in [-0.15, -0.1) is 0 Å². The van der Waals surface area contributed by atoms with Gasteiger partial charge in [0.15, 0.2) is 0 Å². The number of ether oxygens (including phenoxy) is 1. The minimum atomic E-state index is -3.64. The Kier molecular flexibility index (Phi) is 6.21. The number of rotatable bonds is 6. The van der Waals surface area contributed by atoms with Gasteiger partial charge >= 0.3 is 0 Å². The van der Waals surface area contributed by atoms with Crippen LogP contribution in [-0.2, 0) is 10.0 Å². The lowest BCUT2D eigenvalue weighted by Gasteiger charge is -2.33. The molecule has 0 aromatic heterocycles. The van der Waals surface area contributed by atoms with Gasteiger partial charge in [0.2, 0.25) is 10.0 Å². The van der Waals surface area contributed by atoms with Gasteiger partial charge in [0, 0.05) is 24.8 Å². The minimum absolute atomic E-state index is 0.260. The smallest absolute Gasteiger partial charge is 0.241 e. The number of benzene rings is 3. The van der Waals surface area contributed by atoms with Crippen LogP contribution in [0.1, 0.15) is 38.3 Å². The first kappa shape index (κ1) is 21.7. The lowest BCUT2D eigenvalue weighted by molar-refractivity contribution is 0.415. The van der Waals surface area contributed by atoms with Crippen molar-refractivity contribution in [1.29, 1.82) is 0 Å². The second kappa shape index (κ2) is 8.89. The molecule has 1 heterocycles. The molecule has 1 saturated heterocycles. The maximum absolute atomic E-state index is 13.0. The summed E-state index contributed by atoms with van der Waals surface area (Å²) in [6, 6.07) is 18.7. The molecule has 1 N–H and O–H groups in total. The fourth-order valence-corrected chi connectivity index (χ4v) is 5.53. The van der Waals surface area contributed by atoms with Gasteiger partial charge in [0.1, 0.15) is 5.75 Å². The summed E-state index contributed by atoms with van der Waals surface area (Å²) in [6.45, 7) is 6.33. The Bertz CT molecular complexity index is 1160. The van der Waals surface area contributed by atoms with Crippen LogP contribution in [-0.4, -0.2) is 28.6 Å². The maximum Gasteiger partial charge on any atom is 0.241 e. The van der Waals surface area contributed by atoms with E-state index in [-0.39, 0.29) is 10.9 Å². The van der Waals surface area contributed by atoms with E-state index in [0.717, 1.165) is 35.2 Å². The molecular weight excluding hydrogens is 408 g/mol. The lowest BCUT2D eigenvalue weighted by Crippen LogP contribution is -2.34. The zero-order valence-corrected chi connectivity index (χ0v) is 19.2. The lowest BCUT2D eigenvalue weighted by atomic mass is 9.99. The molecular formula is C25H30N2O3S. The van der Waals surface area contributed by atoms with Gasteiger partial charge in [-0.05, 0) is 78.4 Å². The summed E-state index contributed by atoms with van der Waals surface area (Å²) in [4.78, 5) is 2.67. The first-order chi connectivity index (χ1) is 14.9. The number of nitrogens with one attached hydrogen (secondary N) is 1. The topological polar surface area (TPSA) is 58.6 Å². The molecule has 1 aliphatic heterocycles. The van der Waals surface area contributed by atoms with Crippen LogP contribution in [0.4, 0.5) is 5.69 Å². The summed E-state index contributed by atoms with van der Waals surface area (Å²) < 4.78 is 34.0. The Balaban J connectivity index is 1.49. The number of methoxy groups -OCH3 is 1. The number of anilines is 1. The highest BCUT2D eigenvalue weighted by atomic mass is 32.2. The molecule has 1 fully saturated rings. The van der Waals surface area contributed by atoms with E-state index >= 15 is 0 Å². The van der Waals surface area contributed by atoms with E-state index in [9.17, 15) is 8.42 Å². The molecule has 4 rings (SSSR count). The van der Waals surface area contributed by atoms with Crippen molar-refractivity contribution in [1.82, 2.24) is 4.72 Å². The third-order valence-corrected chi connectivity index (χ3v) is 7.61. The summed E-state index contributed by atoms with van der Waals surface area (Å²) in [5, 5.41) is 1.80. The molecule has 0 amide bonds. The number of hydrogen-bond acceptors (Lipinski definition) is 4. The summed E-state index contributed by atoms with van der Waals surface area (Å²) in [5.41, 5.74) is 2.15. The van der Waals surface area contributed by atoms with E-state index in [1.807, 2.05) is 43.3 Å². The highest BCUT2D eigenvalue weighted by Crippen LogP contribution is 2.27. The van der Waals surface area contributed by atoms with Gasteiger partial charge in [-0.2, -0.15) is 0 Å². The fourth-order valence-electron chi connectivity index (χ4n) is 4.26. The molecule has 1 aliphatic rings. The van der Waals surface area contributed by atoms with Crippen molar-refractivity contribution in [3.8, 4) is 5.75 Å². The Morgan fingerprint density at radius 2 is 1.74 bits per heavy atom. The van der Waals surface area contributed by atoms with Gasteiger partial charge in [-0.1, -0.05) is 31.2 Å². The zero-order valence-electron chi connectivity index (χ0n) is 18.3. The van der Waals surface area contributed by atoms with Gasteiger partial charge < -0.3 is 9.64 Å². The quantitative estimate of drug-likeness (QED) is 0.580. The van der Waals surface area contributed by atoms with Crippen LogP contribution in [0, 0.1) is 5.92 Å². The normalized spacial score (nSPS) is 18.2. The van der Waals surface area contributed by atoms with E-state index in [1.165, 1.54) is 18.5 Å². The zero-order chi connectivity index (χ0) is 22.0. The number of sulfonamides is 1. The van der Waals surface area contributed by atoms with Crippen molar-refractivity contribution < 1.29 is 13.2 Å². The predicted molar refractivity (Wildman–Crippen MR) is 126 cm³/mol. The van der Waals surface area contributed by atoms with Crippen molar-refractivity contribution in [3.05, 3.63) is 66.2 Å². The Morgan fingerprint density at radius 1 is 1.03 bits per heavy atom. The van der Waals surface area contributed by atoms with Crippen LogP contribution in [0.15, 0.2) is 65.6 Å². The van der Waals surface area contributed by atoms with Gasteiger partial charge in [0.25, 0.3) is 0 Å². The van der Waals surface area contributed by atoms with E-state index in [2.05, 4.69) is 28.7 Å². The van der Waals surface area contributed by atoms with Crippen LogP contribution in [0.2, 0.25) is 0 Å². The van der Waals surface area contributed by atoms with E-state index in [4.69, 9.17) is 4.74 Å². The van der Waals surface area contributed by atoms with Crippen LogP contribution < -0.4 is 14.4 Å². The predicted octanol–water partition coefficient (Wildman–Crippen LogP) is 5.12.